The van der Waals surface area contributed by atoms with E-state index in [4.69, 9.17) is 27.9 Å². The molecule has 2 aromatic rings. The third kappa shape index (κ3) is 3.84. The molecular weight excluding hydrogens is 385 g/mol. The SMILES string of the molecule is CC1=C(c2ccccc2)C(=O)N(C(C)(C)C(O)c2cc(Cl)cc(Cl)c2)CO1. The Morgan fingerprint density at radius 1 is 1.11 bits per heavy atom. The maximum absolute atomic E-state index is 13.3. The van der Waals surface area contributed by atoms with Crippen molar-refractivity contribution in [2.24, 2.45) is 0 Å². The topological polar surface area (TPSA) is 49.8 Å². The van der Waals surface area contributed by atoms with E-state index < -0.39 is 11.6 Å². The van der Waals surface area contributed by atoms with Crippen molar-refractivity contribution >= 4 is 34.7 Å². The Balaban J connectivity index is 1.96. The highest BCUT2D eigenvalue weighted by atomic mass is 35.5. The minimum absolute atomic E-state index is 0.0549. The van der Waals surface area contributed by atoms with Crippen molar-refractivity contribution in [2.75, 3.05) is 6.73 Å². The smallest absolute Gasteiger partial charge is 0.261 e. The van der Waals surface area contributed by atoms with Crippen molar-refractivity contribution in [3.8, 4) is 0 Å². The molecule has 27 heavy (non-hydrogen) atoms. The fourth-order valence-electron chi connectivity index (χ4n) is 3.23. The van der Waals surface area contributed by atoms with Crippen LogP contribution in [0.5, 0.6) is 0 Å². The van der Waals surface area contributed by atoms with Crippen LogP contribution in [0.2, 0.25) is 10.0 Å². The first-order valence-electron chi connectivity index (χ1n) is 8.57. The van der Waals surface area contributed by atoms with Gasteiger partial charge in [-0.05, 0) is 50.1 Å². The Bertz CT molecular complexity index is 873. The molecule has 3 rings (SSSR count). The number of carbonyl (C=O) groups is 1. The zero-order valence-corrected chi connectivity index (χ0v) is 16.9. The summed E-state index contributed by atoms with van der Waals surface area (Å²) in [6.07, 6.45) is -1.00. The zero-order chi connectivity index (χ0) is 19.8. The van der Waals surface area contributed by atoms with Gasteiger partial charge in [0, 0.05) is 10.0 Å². The predicted octanol–water partition coefficient (Wildman–Crippen LogP) is 5.05. The number of aliphatic hydroxyl groups excluding tert-OH is 1. The normalized spacial score (nSPS) is 16.4. The van der Waals surface area contributed by atoms with Crippen molar-refractivity contribution in [1.29, 1.82) is 0 Å². The molecule has 1 aliphatic rings. The van der Waals surface area contributed by atoms with Gasteiger partial charge in [-0.15, -0.1) is 0 Å². The fraction of sp³-hybridized carbons (Fsp3) is 0.286. The van der Waals surface area contributed by atoms with Gasteiger partial charge in [0.05, 0.1) is 11.1 Å². The van der Waals surface area contributed by atoms with Gasteiger partial charge in [0.1, 0.15) is 11.9 Å². The number of ether oxygens (including phenoxy) is 1. The molecule has 0 radical (unpaired) electrons. The lowest BCUT2D eigenvalue weighted by Crippen LogP contribution is -2.54. The number of hydrogen-bond donors (Lipinski definition) is 1. The van der Waals surface area contributed by atoms with Crippen LogP contribution < -0.4 is 0 Å². The second-order valence-electron chi connectivity index (χ2n) is 7.06. The average Bonchev–Trinajstić information content (AvgIpc) is 2.61. The van der Waals surface area contributed by atoms with E-state index >= 15 is 0 Å². The summed E-state index contributed by atoms with van der Waals surface area (Å²) in [5, 5.41) is 11.9. The van der Waals surface area contributed by atoms with Crippen LogP contribution in [0.3, 0.4) is 0 Å². The Morgan fingerprint density at radius 2 is 1.70 bits per heavy atom. The molecule has 142 valence electrons. The Morgan fingerprint density at radius 3 is 2.30 bits per heavy atom. The molecule has 2 aromatic carbocycles. The molecule has 1 N–H and O–H groups in total. The summed E-state index contributed by atoms with van der Waals surface area (Å²) >= 11 is 12.1. The van der Waals surface area contributed by atoms with E-state index in [1.54, 1.807) is 39.0 Å². The lowest BCUT2D eigenvalue weighted by atomic mass is 9.88. The molecule has 0 fully saturated rings. The van der Waals surface area contributed by atoms with Crippen LogP contribution >= 0.6 is 23.2 Å². The molecule has 4 nitrogen and oxygen atoms in total. The monoisotopic (exact) mass is 405 g/mol. The molecule has 0 saturated carbocycles. The minimum atomic E-state index is -1.00. The minimum Gasteiger partial charge on any atom is -0.477 e. The summed E-state index contributed by atoms with van der Waals surface area (Å²) in [5.41, 5.74) is 0.858. The molecule has 0 bridgehead atoms. The van der Waals surface area contributed by atoms with Crippen molar-refractivity contribution in [3.63, 3.8) is 0 Å². The maximum Gasteiger partial charge on any atom is 0.261 e. The number of allylic oxidation sites excluding steroid dienone is 1. The Labute approximate surface area is 169 Å². The zero-order valence-electron chi connectivity index (χ0n) is 15.4. The molecule has 0 aliphatic carbocycles. The van der Waals surface area contributed by atoms with Crippen molar-refractivity contribution in [2.45, 2.75) is 32.4 Å². The van der Waals surface area contributed by atoms with Gasteiger partial charge in [0.25, 0.3) is 5.91 Å². The first-order chi connectivity index (χ1) is 12.7. The van der Waals surface area contributed by atoms with E-state index in [0.717, 1.165) is 5.56 Å². The van der Waals surface area contributed by atoms with Crippen molar-refractivity contribution in [1.82, 2.24) is 4.90 Å². The Hall–Kier alpha value is -2.01. The van der Waals surface area contributed by atoms with Gasteiger partial charge in [-0.2, -0.15) is 0 Å². The van der Waals surface area contributed by atoms with E-state index in [9.17, 15) is 9.90 Å². The molecule has 0 aromatic heterocycles. The van der Waals surface area contributed by atoms with Crippen LogP contribution in [0.15, 0.2) is 54.3 Å². The first kappa shape index (κ1) is 19.7. The van der Waals surface area contributed by atoms with E-state index in [1.807, 2.05) is 30.3 Å². The number of hydrogen-bond acceptors (Lipinski definition) is 3. The van der Waals surface area contributed by atoms with Gasteiger partial charge in [-0.3, -0.25) is 9.69 Å². The standard InChI is InChI=1S/C21H21Cl2NO3/c1-13-18(14-7-5-4-6-8-14)20(26)24(12-27-13)21(2,3)19(25)15-9-16(22)11-17(23)10-15/h4-11,19,25H,12H2,1-3H3. The summed E-state index contributed by atoms with van der Waals surface area (Å²) in [6, 6.07) is 14.3. The van der Waals surface area contributed by atoms with Gasteiger partial charge in [0.2, 0.25) is 0 Å². The van der Waals surface area contributed by atoms with Crippen molar-refractivity contribution in [3.05, 3.63) is 75.5 Å². The van der Waals surface area contributed by atoms with Gasteiger partial charge < -0.3 is 9.84 Å². The van der Waals surface area contributed by atoms with E-state index in [-0.39, 0.29) is 12.6 Å². The summed E-state index contributed by atoms with van der Waals surface area (Å²) in [4.78, 5) is 14.8. The maximum atomic E-state index is 13.3. The van der Waals surface area contributed by atoms with Crippen LogP contribution in [0.25, 0.3) is 5.57 Å². The van der Waals surface area contributed by atoms with Crippen molar-refractivity contribution < 1.29 is 14.6 Å². The molecule has 1 atom stereocenters. The van der Waals surface area contributed by atoms with E-state index in [1.165, 1.54) is 4.90 Å². The Kier molecular flexibility index (Phi) is 5.52. The third-order valence-corrected chi connectivity index (χ3v) is 5.29. The molecule has 0 saturated heterocycles. The third-order valence-electron chi connectivity index (χ3n) is 4.85. The fourth-order valence-corrected chi connectivity index (χ4v) is 3.77. The summed E-state index contributed by atoms with van der Waals surface area (Å²) in [7, 11) is 0. The predicted molar refractivity (Wildman–Crippen MR) is 107 cm³/mol. The summed E-state index contributed by atoms with van der Waals surface area (Å²) in [6.45, 7) is 5.41. The molecular formula is C21H21Cl2NO3. The summed E-state index contributed by atoms with van der Waals surface area (Å²) in [5.74, 6) is 0.376. The number of nitrogens with zero attached hydrogens (tertiary/aromatic N) is 1. The molecule has 1 heterocycles. The highest BCUT2D eigenvalue weighted by molar-refractivity contribution is 6.34. The molecule has 1 unspecified atom stereocenters. The molecule has 1 aliphatic heterocycles. The number of rotatable bonds is 4. The lowest BCUT2D eigenvalue weighted by Gasteiger charge is -2.44. The van der Waals surface area contributed by atoms with E-state index in [2.05, 4.69) is 0 Å². The van der Waals surface area contributed by atoms with Crippen LogP contribution in [0, 0.1) is 0 Å². The number of carbonyl (C=O) groups excluding carboxylic acids is 1. The quantitative estimate of drug-likeness (QED) is 0.773. The van der Waals surface area contributed by atoms with Gasteiger partial charge in [0.15, 0.2) is 6.73 Å². The second-order valence-corrected chi connectivity index (χ2v) is 7.94. The van der Waals surface area contributed by atoms with Crippen LogP contribution in [0.4, 0.5) is 0 Å². The number of halogens is 2. The highest BCUT2D eigenvalue weighted by Crippen LogP contribution is 2.38. The molecule has 0 spiro atoms. The second kappa shape index (κ2) is 7.55. The van der Waals surface area contributed by atoms with Crippen LogP contribution in [-0.4, -0.2) is 28.2 Å². The van der Waals surface area contributed by atoms with Crippen LogP contribution in [-0.2, 0) is 9.53 Å². The average molecular weight is 406 g/mol. The molecule has 1 amide bonds. The van der Waals surface area contributed by atoms with Gasteiger partial charge in [-0.25, -0.2) is 0 Å². The lowest BCUT2D eigenvalue weighted by molar-refractivity contribution is -0.146. The van der Waals surface area contributed by atoms with E-state index in [0.29, 0.717) is 26.9 Å². The first-order valence-corrected chi connectivity index (χ1v) is 9.32. The van der Waals surface area contributed by atoms with Gasteiger partial charge >= 0.3 is 0 Å². The van der Waals surface area contributed by atoms with Crippen LogP contribution in [0.1, 0.15) is 38.0 Å². The molecule has 6 heteroatoms. The summed E-state index contributed by atoms with van der Waals surface area (Å²) < 4.78 is 5.77. The number of benzene rings is 2. The van der Waals surface area contributed by atoms with Gasteiger partial charge in [-0.1, -0.05) is 53.5 Å². The number of aliphatic hydroxyl groups is 1. The largest absolute Gasteiger partial charge is 0.477 e. The highest BCUT2D eigenvalue weighted by Gasteiger charge is 2.42. The number of amides is 1.